The predicted molar refractivity (Wildman–Crippen MR) is 124 cm³/mol. The molecule has 1 aromatic carbocycles. The van der Waals surface area contributed by atoms with Gasteiger partial charge < -0.3 is 14.2 Å². The highest BCUT2D eigenvalue weighted by molar-refractivity contribution is 7.84. The minimum absolute atomic E-state index is 0. The quantitative estimate of drug-likeness (QED) is 0.455. The Labute approximate surface area is 191 Å². The Morgan fingerprint density at radius 1 is 1.22 bits per heavy atom. The van der Waals surface area contributed by atoms with Gasteiger partial charge in [0.25, 0.3) is 0 Å². The van der Waals surface area contributed by atoms with Crippen LogP contribution in [0.2, 0.25) is 0 Å². The van der Waals surface area contributed by atoms with Crippen LogP contribution in [0.4, 0.5) is 0 Å². The van der Waals surface area contributed by atoms with Gasteiger partial charge in [0.2, 0.25) is 0 Å². The second kappa shape index (κ2) is 8.45. The molecule has 11 heteroatoms. The van der Waals surface area contributed by atoms with E-state index in [9.17, 15) is 13.5 Å². The van der Waals surface area contributed by atoms with Crippen LogP contribution < -0.4 is 5.14 Å². The van der Waals surface area contributed by atoms with Crippen molar-refractivity contribution in [2.24, 2.45) is 18.1 Å². The molecule has 1 fully saturated rings. The minimum Gasteiger partial charge on any atom is -0.393 e. The molecule has 5 rings (SSSR count). The summed E-state index contributed by atoms with van der Waals surface area (Å²) in [6.45, 7) is -0.133. The molecule has 3 heterocycles. The third-order valence-electron chi connectivity index (χ3n) is 6.18. The van der Waals surface area contributed by atoms with E-state index in [4.69, 9.17) is 9.32 Å². The molecule has 0 spiro atoms. The fraction of sp³-hybridized carbons (Fsp3) is 0.333. The number of benzene rings is 1. The predicted octanol–water partition coefficient (Wildman–Crippen LogP) is 2.54. The van der Waals surface area contributed by atoms with Crippen LogP contribution in [0, 0.1) is 5.92 Å². The van der Waals surface area contributed by atoms with Crippen LogP contribution in [-0.4, -0.2) is 45.3 Å². The van der Waals surface area contributed by atoms with Crippen molar-refractivity contribution >= 4 is 44.6 Å². The summed E-state index contributed by atoms with van der Waals surface area (Å²) < 4.78 is 31.0. The molecule has 1 aliphatic rings. The Bertz CT molecular complexity index is 1380. The lowest BCUT2D eigenvalue weighted by molar-refractivity contribution is 0.100. The van der Waals surface area contributed by atoms with Gasteiger partial charge in [0, 0.05) is 41.5 Å². The maximum absolute atomic E-state index is 11.1. The van der Waals surface area contributed by atoms with E-state index in [2.05, 4.69) is 32.7 Å². The molecule has 0 bridgehead atoms. The van der Waals surface area contributed by atoms with Crippen LogP contribution in [0.3, 0.4) is 0 Å². The highest BCUT2D eigenvalue weighted by Crippen LogP contribution is 2.38. The fourth-order valence-electron chi connectivity index (χ4n) is 4.65. The topological polar surface area (TPSA) is 125 Å². The van der Waals surface area contributed by atoms with Crippen LogP contribution >= 0.6 is 12.4 Å². The first-order valence-corrected chi connectivity index (χ1v) is 11.5. The largest absolute Gasteiger partial charge is 0.393 e. The lowest BCUT2D eigenvalue weighted by Crippen LogP contribution is -2.24. The first-order chi connectivity index (χ1) is 14.8. The first-order valence-electron chi connectivity index (χ1n) is 10.0. The number of rotatable bonds is 5. The van der Waals surface area contributed by atoms with Gasteiger partial charge in [-0.3, -0.25) is 4.18 Å². The molecule has 0 amide bonds. The molecule has 3 N–H and O–H groups in total. The number of aliphatic hydroxyl groups excluding tert-OH is 1. The monoisotopic (exact) mass is 477 g/mol. The summed E-state index contributed by atoms with van der Waals surface area (Å²) in [6, 6.07) is 12.3. The summed E-state index contributed by atoms with van der Waals surface area (Å²) in [7, 11) is -2.01. The number of nitrogens with zero attached hydrogens (tertiary/aromatic N) is 4. The molecule has 0 saturated heterocycles. The fourth-order valence-corrected chi connectivity index (χ4v) is 5.01. The van der Waals surface area contributed by atoms with Gasteiger partial charge in [-0.15, -0.1) is 12.4 Å². The van der Waals surface area contributed by atoms with Crippen molar-refractivity contribution in [2.45, 2.75) is 25.0 Å². The van der Waals surface area contributed by atoms with Crippen LogP contribution in [0.1, 0.15) is 18.9 Å². The Morgan fingerprint density at radius 3 is 2.75 bits per heavy atom. The van der Waals surface area contributed by atoms with E-state index in [-0.39, 0.29) is 31.0 Å². The number of hydrogen-bond acceptors (Lipinski definition) is 6. The van der Waals surface area contributed by atoms with E-state index in [0.717, 1.165) is 33.3 Å². The third-order valence-corrected chi connectivity index (χ3v) is 6.64. The Balaban J connectivity index is 0.00000245. The molecule has 9 nitrogen and oxygen atoms in total. The van der Waals surface area contributed by atoms with Crippen LogP contribution in [0.5, 0.6) is 0 Å². The van der Waals surface area contributed by atoms with E-state index >= 15 is 0 Å². The minimum atomic E-state index is -4.03. The molecule has 0 aliphatic heterocycles. The summed E-state index contributed by atoms with van der Waals surface area (Å²) in [5.74, 6) is -0.319. The van der Waals surface area contributed by atoms with Gasteiger partial charge in [-0.1, -0.05) is 18.2 Å². The summed E-state index contributed by atoms with van der Waals surface area (Å²) in [6.07, 6.45) is 3.87. The van der Waals surface area contributed by atoms with E-state index in [1.54, 1.807) is 6.33 Å². The highest BCUT2D eigenvalue weighted by atomic mass is 35.5. The number of para-hydroxylation sites is 1. The Morgan fingerprint density at radius 2 is 2.00 bits per heavy atom. The van der Waals surface area contributed by atoms with Crippen molar-refractivity contribution in [3.05, 3.63) is 48.9 Å². The van der Waals surface area contributed by atoms with Gasteiger partial charge in [-0.25, -0.2) is 15.1 Å². The lowest BCUT2D eigenvalue weighted by atomic mass is 10.1. The highest BCUT2D eigenvalue weighted by Gasteiger charge is 2.35. The average Bonchev–Trinajstić information content (AvgIpc) is 3.41. The molecule has 3 atom stereocenters. The molecule has 4 aromatic rings. The van der Waals surface area contributed by atoms with Gasteiger partial charge in [0.15, 0.2) is 0 Å². The SMILES string of the molecule is Cl.Cn1c(-c2ncnc3c2ccn3[C@@H]2C[C@@H](COS(N)(=O)=O)[C@@H](O)C2)cc2ccccc21. The Hall–Kier alpha value is -2.50. The van der Waals surface area contributed by atoms with Gasteiger partial charge in [0.1, 0.15) is 12.0 Å². The van der Waals surface area contributed by atoms with Crippen molar-refractivity contribution in [3.8, 4) is 11.4 Å². The number of hydrogen-bond donors (Lipinski definition) is 2. The average molecular weight is 478 g/mol. The first kappa shape index (κ1) is 22.7. The molecule has 1 saturated carbocycles. The molecule has 32 heavy (non-hydrogen) atoms. The van der Waals surface area contributed by atoms with Crippen molar-refractivity contribution in [3.63, 3.8) is 0 Å². The second-order valence-electron chi connectivity index (χ2n) is 8.06. The summed E-state index contributed by atoms with van der Waals surface area (Å²) in [4.78, 5) is 9.07. The third kappa shape index (κ3) is 4.00. The van der Waals surface area contributed by atoms with Gasteiger partial charge in [-0.05, 0) is 31.0 Å². The van der Waals surface area contributed by atoms with E-state index in [0.29, 0.717) is 12.8 Å². The molecular weight excluding hydrogens is 454 g/mol. The second-order valence-corrected chi connectivity index (χ2v) is 9.28. The standard InChI is InChI=1S/C21H23N5O4S.ClH/c1-25-17-5-3-2-4-13(17)9-18(25)20-16-6-7-26(21(16)24-12-23-20)15-8-14(19(27)10-15)11-30-31(22,28)29;/h2-7,9,12,14-15,19,27H,8,10-11H2,1H3,(H2,22,28,29);1H/t14-,15+,19-;/m0./s1. The number of aryl methyl sites for hydroxylation is 1. The molecule has 1 aliphatic carbocycles. The van der Waals surface area contributed by atoms with Crippen molar-refractivity contribution in [2.75, 3.05) is 6.61 Å². The smallest absolute Gasteiger partial charge is 0.333 e. The number of nitrogens with two attached hydrogens (primary N) is 1. The zero-order valence-corrected chi connectivity index (χ0v) is 19.0. The van der Waals surface area contributed by atoms with Gasteiger partial charge in [0.05, 0.1) is 24.1 Å². The van der Waals surface area contributed by atoms with Gasteiger partial charge in [-0.2, -0.15) is 8.42 Å². The lowest BCUT2D eigenvalue weighted by Gasteiger charge is -2.14. The summed E-state index contributed by atoms with van der Waals surface area (Å²) in [5, 5.41) is 17.4. The van der Waals surface area contributed by atoms with Crippen LogP contribution in [0.25, 0.3) is 33.3 Å². The summed E-state index contributed by atoms with van der Waals surface area (Å²) in [5.41, 5.74) is 3.74. The van der Waals surface area contributed by atoms with E-state index in [1.807, 2.05) is 36.0 Å². The van der Waals surface area contributed by atoms with Crippen molar-refractivity contribution in [1.29, 1.82) is 0 Å². The Kier molecular flexibility index (Phi) is 5.99. The molecule has 0 radical (unpaired) electrons. The van der Waals surface area contributed by atoms with E-state index < -0.39 is 16.4 Å². The van der Waals surface area contributed by atoms with Crippen molar-refractivity contribution in [1.82, 2.24) is 19.1 Å². The number of aliphatic hydroxyl groups is 1. The zero-order valence-electron chi connectivity index (χ0n) is 17.3. The molecular formula is C21H24ClN5O4S. The zero-order chi connectivity index (χ0) is 21.8. The number of fused-ring (bicyclic) bond motifs is 2. The van der Waals surface area contributed by atoms with Gasteiger partial charge >= 0.3 is 10.3 Å². The van der Waals surface area contributed by atoms with Crippen LogP contribution in [0.15, 0.2) is 48.9 Å². The maximum atomic E-state index is 11.1. The van der Waals surface area contributed by atoms with E-state index in [1.165, 1.54) is 0 Å². The van der Waals surface area contributed by atoms with Crippen LogP contribution in [-0.2, 0) is 21.5 Å². The number of halogens is 1. The maximum Gasteiger partial charge on any atom is 0.333 e. The molecule has 3 aromatic heterocycles. The summed E-state index contributed by atoms with van der Waals surface area (Å²) >= 11 is 0. The number of aromatic nitrogens is 4. The normalized spacial score (nSPS) is 21.3. The molecule has 170 valence electrons. The molecule has 0 unspecified atom stereocenters. The van der Waals surface area contributed by atoms with Crippen molar-refractivity contribution < 1.29 is 17.7 Å².